The fraction of sp³-hybridized carbons (Fsp3) is 0.308. The summed E-state index contributed by atoms with van der Waals surface area (Å²) in [6.45, 7) is 9.06. The summed E-state index contributed by atoms with van der Waals surface area (Å²) in [5.41, 5.74) is 3.18. The fourth-order valence-electron chi connectivity index (χ4n) is 3.43. The molecule has 0 radical (unpaired) electrons. The molecule has 2 heteroatoms. The van der Waals surface area contributed by atoms with Crippen LogP contribution in [0.1, 0.15) is 37.8 Å². The predicted octanol–water partition coefficient (Wildman–Crippen LogP) is 7.81. The van der Waals surface area contributed by atoms with Crippen molar-refractivity contribution in [3.8, 4) is 0 Å². The van der Waals surface area contributed by atoms with Gasteiger partial charge in [0.05, 0.1) is 0 Å². The number of aryl methyl sites for hydroxylation is 2. The molecule has 0 N–H and O–H groups in total. The van der Waals surface area contributed by atoms with Gasteiger partial charge in [0.2, 0.25) is 0 Å². The summed E-state index contributed by atoms with van der Waals surface area (Å²) in [6, 6.07) is 26.1. The fourth-order valence-corrected chi connectivity index (χ4v) is 3.43. The molecular formula is C26H32SiZr. The molecule has 4 aromatic rings. The Balaban J connectivity index is 0.000000169. The summed E-state index contributed by atoms with van der Waals surface area (Å²) < 4.78 is 0. The molecule has 0 saturated heterocycles. The molecule has 0 heterocycles. The molecular weight excluding hydrogens is 432 g/mol. The van der Waals surface area contributed by atoms with Crippen LogP contribution in [0.5, 0.6) is 0 Å². The van der Waals surface area contributed by atoms with Gasteiger partial charge in [-0.2, -0.15) is 24.3 Å². The van der Waals surface area contributed by atoms with Crippen molar-refractivity contribution >= 4 is 27.0 Å². The average Bonchev–Trinajstić information content (AvgIpc) is 3.32. The summed E-state index contributed by atoms with van der Waals surface area (Å²) in [5, 5.41) is 5.61. The Labute approximate surface area is 186 Å². The molecule has 0 aliphatic carbocycles. The van der Waals surface area contributed by atoms with Crippen LogP contribution in [0.3, 0.4) is 0 Å². The SMILES string of the molecule is CCCc1cccc2[cH-]ccc12.CCCc1cccc2[cH-]ccc12.C[Si](C)=[Zr+2]. The van der Waals surface area contributed by atoms with E-state index >= 15 is 0 Å². The van der Waals surface area contributed by atoms with Crippen LogP contribution in [-0.4, -0.2) is 5.43 Å². The second-order valence-corrected chi connectivity index (χ2v) is 16.8. The van der Waals surface area contributed by atoms with Gasteiger partial charge >= 0.3 is 41.9 Å². The zero-order chi connectivity index (χ0) is 20.4. The average molecular weight is 464 g/mol. The molecule has 0 amide bonds. The Morgan fingerprint density at radius 3 is 1.46 bits per heavy atom. The van der Waals surface area contributed by atoms with E-state index in [1.165, 1.54) is 58.4 Å². The van der Waals surface area contributed by atoms with Gasteiger partial charge < -0.3 is 0 Å². The van der Waals surface area contributed by atoms with E-state index in [-0.39, 0.29) is 5.43 Å². The molecule has 0 aromatic heterocycles. The number of fused-ring (bicyclic) bond motifs is 2. The molecule has 0 fully saturated rings. The van der Waals surface area contributed by atoms with E-state index in [4.69, 9.17) is 0 Å². The molecule has 0 saturated carbocycles. The van der Waals surface area contributed by atoms with Gasteiger partial charge in [-0.25, -0.2) is 0 Å². The zero-order valence-corrected chi connectivity index (χ0v) is 21.2. The maximum atomic E-state index is 2.31. The van der Waals surface area contributed by atoms with Crippen molar-refractivity contribution in [2.75, 3.05) is 0 Å². The maximum absolute atomic E-state index is 2.31. The number of benzene rings is 2. The van der Waals surface area contributed by atoms with E-state index < -0.39 is 0 Å². The second-order valence-electron chi connectivity index (χ2n) is 7.39. The molecule has 4 aromatic carbocycles. The second kappa shape index (κ2) is 12.3. The van der Waals surface area contributed by atoms with E-state index in [1.54, 1.807) is 23.3 Å². The van der Waals surface area contributed by atoms with Crippen molar-refractivity contribution in [2.45, 2.75) is 52.6 Å². The summed E-state index contributed by atoms with van der Waals surface area (Å²) in [6.07, 6.45) is 4.84. The molecule has 0 nitrogen and oxygen atoms in total. The van der Waals surface area contributed by atoms with Gasteiger partial charge in [-0.05, 0) is 12.8 Å². The van der Waals surface area contributed by atoms with E-state index in [2.05, 4.69) is 99.7 Å². The standard InChI is InChI=1S/2C12H13.C2H6Si.Zr/c2*1-2-5-10-6-3-7-11-8-4-9-12(10)11;1-3-2;/h2*3-4,6-9H,2,5H2,1H3;1-2H3;/q2*-1;;+2. The third kappa shape index (κ3) is 6.98. The van der Waals surface area contributed by atoms with Crippen LogP contribution in [0.4, 0.5) is 0 Å². The summed E-state index contributed by atoms with van der Waals surface area (Å²) in [4.78, 5) is 0. The minimum absolute atomic E-state index is 0.210. The van der Waals surface area contributed by atoms with Gasteiger partial charge in [-0.15, -0.1) is 57.9 Å². The summed E-state index contributed by atoms with van der Waals surface area (Å²) >= 11 is 1.74. The van der Waals surface area contributed by atoms with Crippen molar-refractivity contribution < 1.29 is 23.3 Å². The van der Waals surface area contributed by atoms with Gasteiger partial charge in [0.25, 0.3) is 0 Å². The zero-order valence-electron chi connectivity index (χ0n) is 17.8. The third-order valence-corrected chi connectivity index (χ3v) is 4.58. The van der Waals surface area contributed by atoms with Gasteiger partial charge in [0.1, 0.15) is 0 Å². The van der Waals surface area contributed by atoms with E-state index in [0.717, 1.165) is 0 Å². The van der Waals surface area contributed by atoms with Crippen LogP contribution < -0.4 is 0 Å². The first-order valence-corrected chi connectivity index (χ1v) is 16.5. The van der Waals surface area contributed by atoms with E-state index in [1.807, 2.05) is 0 Å². The Hall–Kier alpha value is -1.24. The number of hydrogen-bond acceptors (Lipinski definition) is 0. The quantitative estimate of drug-likeness (QED) is 0.214. The molecule has 0 aliphatic heterocycles. The van der Waals surface area contributed by atoms with Crippen LogP contribution in [0.25, 0.3) is 21.5 Å². The van der Waals surface area contributed by atoms with E-state index in [9.17, 15) is 0 Å². The molecule has 0 spiro atoms. The van der Waals surface area contributed by atoms with Crippen LogP contribution >= 0.6 is 0 Å². The van der Waals surface area contributed by atoms with Gasteiger partial charge in [-0.3, -0.25) is 0 Å². The van der Waals surface area contributed by atoms with E-state index in [0.29, 0.717) is 0 Å². The first kappa shape index (κ1) is 23.0. The molecule has 144 valence electrons. The van der Waals surface area contributed by atoms with Crippen molar-refractivity contribution in [3.05, 3.63) is 83.9 Å². The minimum atomic E-state index is 0.210. The van der Waals surface area contributed by atoms with Crippen molar-refractivity contribution in [2.24, 2.45) is 0 Å². The monoisotopic (exact) mass is 462 g/mol. The van der Waals surface area contributed by atoms with Crippen molar-refractivity contribution in [1.82, 2.24) is 0 Å². The summed E-state index contributed by atoms with van der Waals surface area (Å²) in [7, 11) is 0. The van der Waals surface area contributed by atoms with Crippen molar-refractivity contribution in [3.63, 3.8) is 0 Å². The Kier molecular flexibility index (Phi) is 10.2. The van der Waals surface area contributed by atoms with Crippen molar-refractivity contribution in [1.29, 1.82) is 0 Å². The van der Waals surface area contributed by atoms with Gasteiger partial charge in [0.15, 0.2) is 0 Å². The molecule has 0 aliphatic rings. The number of hydrogen-bond donors (Lipinski definition) is 0. The van der Waals surface area contributed by atoms with Crippen LogP contribution in [-0.2, 0) is 36.2 Å². The predicted molar refractivity (Wildman–Crippen MR) is 125 cm³/mol. The number of rotatable bonds is 4. The summed E-state index contributed by atoms with van der Waals surface area (Å²) in [5.74, 6) is 0. The first-order chi connectivity index (χ1) is 13.6. The molecule has 0 bridgehead atoms. The molecule has 28 heavy (non-hydrogen) atoms. The van der Waals surface area contributed by atoms with Crippen LogP contribution in [0.2, 0.25) is 13.1 Å². The first-order valence-electron chi connectivity index (χ1n) is 10.3. The van der Waals surface area contributed by atoms with Gasteiger partial charge in [-0.1, -0.05) is 49.9 Å². The van der Waals surface area contributed by atoms with Crippen LogP contribution in [0.15, 0.2) is 72.8 Å². The molecule has 0 atom stereocenters. The van der Waals surface area contributed by atoms with Gasteiger partial charge in [0, 0.05) is 0 Å². The normalized spacial score (nSPS) is 10.2. The molecule has 4 rings (SSSR count). The Morgan fingerprint density at radius 1 is 0.714 bits per heavy atom. The Bertz CT molecular complexity index is 910. The Morgan fingerprint density at radius 2 is 1.11 bits per heavy atom. The third-order valence-electron chi connectivity index (χ3n) is 4.58. The molecule has 0 unspecified atom stereocenters. The van der Waals surface area contributed by atoms with Crippen LogP contribution in [0, 0.1) is 0 Å². The topological polar surface area (TPSA) is 0 Å².